The maximum absolute atomic E-state index is 12.0. The molecule has 1 heterocycles. The molecule has 1 aliphatic rings. The summed E-state index contributed by atoms with van der Waals surface area (Å²) in [6.45, 7) is 0. The molecule has 0 aromatic heterocycles. The van der Waals surface area contributed by atoms with Crippen LogP contribution in [-0.2, 0) is 0 Å². The predicted molar refractivity (Wildman–Crippen MR) is 42.6 cm³/mol. The zero-order valence-electron chi connectivity index (χ0n) is 5.51. The summed E-state index contributed by atoms with van der Waals surface area (Å²) in [5.41, 5.74) is 5.13. The first-order valence-corrected chi connectivity index (χ1v) is 3.13. The molecule has 0 aliphatic carbocycles. The second-order valence-corrected chi connectivity index (χ2v) is 2.44. The molecule has 1 atom stereocenters. The molecule has 1 aliphatic heterocycles. The SMILES string of the molecule is CN1C(=S)[N]NC1C(F)(F)F.[KH]. The van der Waals surface area contributed by atoms with Crippen molar-refractivity contribution in [1.29, 1.82) is 0 Å². The van der Waals surface area contributed by atoms with E-state index in [0.717, 1.165) is 4.90 Å². The van der Waals surface area contributed by atoms with Crippen LogP contribution >= 0.6 is 12.2 Å². The minimum atomic E-state index is -4.33. The standard InChI is InChI=1S/C4H5F3N3S.K.H/c1-10-2(4(5,6)7)8-9-3(10)11;;/h2,8H,1H3;;. The van der Waals surface area contributed by atoms with Crippen LogP contribution in [0.5, 0.6) is 0 Å². The molecule has 0 amide bonds. The second kappa shape index (κ2) is 4.53. The third-order valence-electron chi connectivity index (χ3n) is 1.28. The summed E-state index contributed by atoms with van der Waals surface area (Å²) in [6.07, 6.45) is -6.10. The number of nitrogens with one attached hydrogen (secondary N) is 1. The van der Waals surface area contributed by atoms with E-state index in [9.17, 15) is 13.2 Å². The fraction of sp³-hybridized carbons (Fsp3) is 0.750. The van der Waals surface area contributed by atoms with Gasteiger partial charge >= 0.3 is 57.6 Å². The topological polar surface area (TPSA) is 29.4 Å². The predicted octanol–water partition coefficient (Wildman–Crippen LogP) is -0.434. The number of hydrogen-bond donors (Lipinski definition) is 1. The van der Waals surface area contributed by atoms with E-state index in [1.54, 1.807) is 0 Å². The monoisotopic (exact) mass is 224 g/mol. The number of alkyl halides is 3. The van der Waals surface area contributed by atoms with Gasteiger partial charge in [0.15, 0.2) is 6.17 Å². The Morgan fingerprint density at radius 2 is 2.08 bits per heavy atom. The van der Waals surface area contributed by atoms with Crippen LogP contribution in [0.3, 0.4) is 0 Å². The molecule has 1 N–H and O–H groups in total. The number of rotatable bonds is 0. The molecule has 1 saturated heterocycles. The molecule has 0 bridgehead atoms. The van der Waals surface area contributed by atoms with E-state index >= 15 is 0 Å². The molecule has 0 aromatic carbocycles. The quantitative estimate of drug-likeness (QED) is 0.447. The van der Waals surface area contributed by atoms with Gasteiger partial charge in [-0.1, -0.05) is 0 Å². The summed E-state index contributed by atoms with van der Waals surface area (Å²) in [6, 6.07) is 0. The van der Waals surface area contributed by atoms with E-state index in [1.165, 1.54) is 7.05 Å². The molecule has 8 heteroatoms. The first kappa shape index (κ1) is 13.1. The first-order chi connectivity index (χ1) is 4.93. The Morgan fingerprint density at radius 1 is 1.58 bits per heavy atom. The van der Waals surface area contributed by atoms with Crippen molar-refractivity contribution >= 4 is 68.7 Å². The molecule has 1 radical (unpaired) electrons. The van der Waals surface area contributed by atoms with Crippen molar-refractivity contribution in [3.05, 3.63) is 0 Å². The fourth-order valence-electron chi connectivity index (χ4n) is 0.685. The van der Waals surface area contributed by atoms with E-state index in [-0.39, 0.29) is 56.5 Å². The van der Waals surface area contributed by atoms with E-state index in [0.29, 0.717) is 0 Å². The Morgan fingerprint density at radius 3 is 2.25 bits per heavy atom. The Balaban J connectivity index is 0.00000121. The van der Waals surface area contributed by atoms with Crippen molar-refractivity contribution in [2.24, 2.45) is 0 Å². The van der Waals surface area contributed by atoms with Gasteiger partial charge in [0.25, 0.3) is 0 Å². The van der Waals surface area contributed by atoms with Crippen LogP contribution in [0.2, 0.25) is 0 Å². The normalized spacial score (nSPS) is 23.5. The van der Waals surface area contributed by atoms with Crippen molar-refractivity contribution in [3.8, 4) is 0 Å². The van der Waals surface area contributed by atoms with Crippen molar-refractivity contribution < 1.29 is 13.2 Å². The van der Waals surface area contributed by atoms with Gasteiger partial charge in [-0.25, -0.2) is 0 Å². The van der Waals surface area contributed by atoms with Gasteiger partial charge in [0.2, 0.25) is 5.11 Å². The van der Waals surface area contributed by atoms with Crippen LogP contribution < -0.4 is 10.9 Å². The molecule has 1 fully saturated rings. The number of hydrogen-bond acceptors (Lipinski definition) is 2. The van der Waals surface area contributed by atoms with Gasteiger partial charge in [-0.3, -0.25) is 0 Å². The van der Waals surface area contributed by atoms with Crippen LogP contribution in [-0.4, -0.2) is 80.8 Å². The maximum atomic E-state index is 12.0. The Kier molecular flexibility index (Phi) is 4.94. The zero-order chi connectivity index (χ0) is 8.65. The summed E-state index contributed by atoms with van der Waals surface area (Å²) in [7, 11) is 1.24. The first-order valence-electron chi connectivity index (χ1n) is 2.72. The summed E-state index contributed by atoms with van der Waals surface area (Å²) in [4.78, 5) is 0.856. The molecule has 12 heavy (non-hydrogen) atoms. The van der Waals surface area contributed by atoms with Crippen molar-refractivity contribution in [2.75, 3.05) is 7.05 Å². The van der Waals surface area contributed by atoms with Gasteiger partial charge in [0.05, 0.1) is 0 Å². The summed E-state index contributed by atoms with van der Waals surface area (Å²) < 4.78 is 35.9. The number of thiocarbonyl (C=S) groups is 1. The Hall–Kier alpha value is 1.08. The molecular formula is C4H6F3KN3S. The molecule has 0 spiro atoms. The van der Waals surface area contributed by atoms with Gasteiger partial charge < -0.3 is 4.90 Å². The van der Waals surface area contributed by atoms with Crippen molar-refractivity contribution in [1.82, 2.24) is 15.8 Å². The van der Waals surface area contributed by atoms with Gasteiger partial charge in [-0.2, -0.15) is 24.0 Å². The Labute approximate surface area is 115 Å². The molecular weight excluding hydrogens is 218 g/mol. The molecule has 1 rings (SSSR count). The molecule has 0 saturated carbocycles. The van der Waals surface area contributed by atoms with Gasteiger partial charge in [-0.05, 0) is 12.2 Å². The molecule has 0 aromatic rings. The summed E-state index contributed by atoms with van der Waals surface area (Å²) in [5, 5.41) is -0.0766. The number of nitrogens with zero attached hydrogens (tertiary/aromatic N) is 2. The van der Waals surface area contributed by atoms with Crippen LogP contribution in [0.1, 0.15) is 0 Å². The van der Waals surface area contributed by atoms with E-state index in [1.807, 2.05) is 5.43 Å². The van der Waals surface area contributed by atoms with Crippen LogP contribution in [0, 0.1) is 0 Å². The number of halogens is 3. The van der Waals surface area contributed by atoms with E-state index < -0.39 is 12.3 Å². The zero-order valence-corrected chi connectivity index (χ0v) is 6.33. The van der Waals surface area contributed by atoms with E-state index in [4.69, 9.17) is 0 Å². The average molecular weight is 224 g/mol. The van der Waals surface area contributed by atoms with Gasteiger partial charge in [0.1, 0.15) is 0 Å². The Bertz CT molecular complexity index is 185. The summed E-state index contributed by atoms with van der Waals surface area (Å²) in [5.74, 6) is 0. The summed E-state index contributed by atoms with van der Waals surface area (Å²) >= 11 is 4.48. The molecule has 3 nitrogen and oxygen atoms in total. The fourth-order valence-corrected chi connectivity index (χ4v) is 0.843. The third-order valence-corrected chi connectivity index (χ3v) is 1.66. The van der Waals surface area contributed by atoms with E-state index in [2.05, 4.69) is 17.6 Å². The van der Waals surface area contributed by atoms with Crippen LogP contribution in [0.4, 0.5) is 13.2 Å². The van der Waals surface area contributed by atoms with Gasteiger partial charge in [0, 0.05) is 7.05 Å². The van der Waals surface area contributed by atoms with Crippen LogP contribution in [0.25, 0.3) is 0 Å². The minimum absolute atomic E-state index is 0. The van der Waals surface area contributed by atoms with Crippen LogP contribution in [0.15, 0.2) is 0 Å². The van der Waals surface area contributed by atoms with Crippen molar-refractivity contribution in [2.45, 2.75) is 12.3 Å². The van der Waals surface area contributed by atoms with Gasteiger partial charge in [-0.15, -0.1) is 0 Å². The third kappa shape index (κ3) is 2.79. The average Bonchev–Trinajstić information content (AvgIpc) is 2.11. The second-order valence-electron chi connectivity index (χ2n) is 2.08. The molecule has 1 unspecified atom stereocenters. The molecule has 65 valence electrons. The van der Waals surface area contributed by atoms with Crippen molar-refractivity contribution in [3.63, 3.8) is 0 Å².